The first kappa shape index (κ1) is 26.8. The number of Topliss-reactive ketones (excluding diaryl/α,β-unsaturated/α-hetero) is 1. The third-order valence-electron chi connectivity index (χ3n) is 6.68. The summed E-state index contributed by atoms with van der Waals surface area (Å²) in [4.78, 5) is 44.4. The molecule has 2 aromatic carbocycles. The lowest BCUT2D eigenvalue weighted by Gasteiger charge is -2.30. The first-order chi connectivity index (χ1) is 18.3. The number of amides is 1. The highest BCUT2D eigenvalue weighted by Gasteiger charge is 2.39. The SMILES string of the molecule is N=C(N)N1CC(C(NC(=O)[C@H](NCC(=O)O)C(c2ccccc2)c2ccccc2)C(=O)[C@@H]2CCCN2)=CO1. The second-order valence-corrected chi connectivity index (χ2v) is 9.26. The number of hydrogen-bond donors (Lipinski definition) is 6. The minimum atomic E-state index is -1.12. The van der Waals surface area contributed by atoms with Gasteiger partial charge in [0.15, 0.2) is 5.78 Å². The van der Waals surface area contributed by atoms with E-state index in [1.165, 1.54) is 6.26 Å². The van der Waals surface area contributed by atoms with E-state index in [4.69, 9.17) is 16.0 Å². The van der Waals surface area contributed by atoms with Crippen LogP contribution in [0.1, 0.15) is 29.9 Å². The van der Waals surface area contributed by atoms with Crippen LogP contribution in [0.15, 0.2) is 72.5 Å². The van der Waals surface area contributed by atoms with Gasteiger partial charge in [-0.2, -0.15) is 5.06 Å². The number of hydrogen-bond acceptors (Lipinski definition) is 7. The number of nitrogens with two attached hydrogens (primary N) is 1. The highest BCUT2D eigenvalue weighted by Crippen LogP contribution is 2.29. The van der Waals surface area contributed by atoms with Crippen molar-refractivity contribution in [3.63, 3.8) is 0 Å². The maximum atomic E-state index is 14.0. The maximum Gasteiger partial charge on any atom is 0.317 e. The Hall–Kier alpha value is -4.22. The van der Waals surface area contributed by atoms with Crippen molar-refractivity contribution < 1.29 is 24.3 Å². The maximum absolute atomic E-state index is 14.0. The zero-order chi connectivity index (χ0) is 27.1. The van der Waals surface area contributed by atoms with Gasteiger partial charge < -0.3 is 26.3 Å². The molecule has 4 rings (SSSR count). The Morgan fingerprint density at radius 3 is 2.24 bits per heavy atom. The number of carbonyl (C=O) groups excluding carboxylic acids is 2. The molecule has 0 saturated carbocycles. The van der Waals surface area contributed by atoms with Crippen LogP contribution in [0.2, 0.25) is 0 Å². The monoisotopic (exact) mass is 520 g/mol. The van der Waals surface area contributed by atoms with Crippen molar-refractivity contribution in [3.05, 3.63) is 83.6 Å². The Kier molecular flexibility index (Phi) is 8.72. The molecule has 11 heteroatoms. The summed E-state index contributed by atoms with van der Waals surface area (Å²) < 4.78 is 0. The molecule has 7 N–H and O–H groups in total. The minimum absolute atomic E-state index is 0.0345. The summed E-state index contributed by atoms with van der Waals surface area (Å²) in [6.07, 6.45) is 2.79. The standard InChI is InChI=1S/C27H32N6O5/c28-27(29)33-15-19(16-38-33)23(25(36)20-12-7-13-30-20)32-26(37)24(31-14-21(34)35)22(17-8-3-1-4-9-17)18-10-5-2-6-11-18/h1-6,8-11,16,20,22-24,30-31H,7,12-15H2,(H3,28,29)(H,32,37)(H,34,35)/t20-,23?,24+/m0/s1. The van der Waals surface area contributed by atoms with E-state index in [0.717, 1.165) is 22.6 Å². The van der Waals surface area contributed by atoms with Crippen molar-refractivity contribution in [2.45, 2.75) is 36.9 Å². The van der Waals surface area contributed by atoms with Gasteiger partial charge in [0.2, 0.25) is 11.9 Å². The molecule has 2 aliphatic rings. The zero-order valence-electron chi connectivity index (χ0n) is 20.8. The number of nitrogens with zero attached hydrogens (tertiary/aromatic N) is 1. The molecular formula is C27H32N6O5. The van der Waals surface area contributed by atoms with Gasteiger partial charge in [-0.3, -0.25) is 25.1 Å². The van der Waals surface area contributed by atoms with Crippen LogP contribution in [0.4, 0.5) is 0 Å². The lowest BCUT2D eigenvalue weighted by Crippen LogP contribution is -2.56. The van der Waals surface area contributed by atoms with E-state index in [9.17, 15) is 19.5 Å². The van der Waals surface area contributed by atoms with Crippen molar-refractivity contribution >= 4 is 23.6 Å². The Labute approximate surface area is 220 Å². The summed E-state index contributed by atoms with van der Waals surface area (Å²) in [7, 11) is 0. The number of benzene rings is 2. The van der Waals surface area contributed by atoms with E-state index in [-0.39, 0.29) is 18.3 Å². The van der Waals surface area contributed by atoms with Crippen molar-refractivity contribution in [2.24, 2.45) is 5.73 Å². The molecule has 1 fully saturated rings. The second kappa shape index (κ2) is 12.3. The predicted octanol–water partition coefficient (Wildman–Crippen LogP) is 0.692. The van der Waals surface area contributed by atoms with Crippen molar-refractivity contribution in [2.75, 3.05) is 19.6 Å². The molecule has 1 amide bonds. The number of hydroxylamine groups is 2. The summed E-state index contributed by atoms with van der Waals surface area (Å²) in [5.74, 6) is -2.76. The quantitative estimate of drug-likeness (QED) is 0.184. The van der Waals surface area contributed by atoms with Gasteiger partial charge in [-0.05, 0) is 30.5 Å². The Bertz CT molecular complexity index is 1140. The van der Waals surface area contributed by atoms with Crippen LogP contribution >= 0.6 is 0 Å². The summed E-state index contributed by atoms with van der Waals surface area (Å²) >= 11 is 0. The van der Waals surface area contributed by atoms with Crippen LogP contribution in [-0.2, 0) is 19.2 Å². The third kappa shape index (κ3) is 6.36. The summed E-state index contributed by atoms with van der Waals surface area (Å²) in [6, 6.07) is 16.1. The molecule has 38 heavy (non-hydrogen) atoms. The number of guanidine groups is 1. The second-order valence-electron chi connectivity index (χ2n) is 9.26. The average Bonchev–Trinajstić information content (AvgIpc) is 3.63. The lowest BCUT2D eigenvalue weighted by atomic mass is 9.84. The number of ketones is 1. The highest BCUT2D eigenvalue weighted by molar-refractivity contribution is 5.97. The molecule has 11 nitrogen and oxygen atoms in total. The van der Waals surface area contributed by atoms with Crippen LogP contribution in [0.25, 0.3) is 0 Å². The van der Waals surface area contributed by atoms with Gasteiger partial charge in [0.25, 0.3) is 0 Å². The number of carbonyl (C=O) groups is 3. The molecular weight excluding hydrogens is 488 g/mol. The van der Waals surface area contributed by atoms with Gasteiger partial charge in [0.1, 0.15) is 12.3 Å². The number of carboxylic acid groups (broad SMARTS) is 1. The molecule has 0 bridgehead atoms. The zero-order valence-corrected chi connectivity index (χ0v) is 20.8. The fourth-order valence-electron chi connectivity index (χ4n) is 4.84. The van der Waals surface area contributed by atoms with Crippen molar-refractivity contribution in [1.82, 2.24) is 21.0 Å². The van der Waals surface area contributed by atoms with Crippen LogP contribution in [0.3, 0.4) is 0 Å². The van der Waals surface area contributed by atoms with Gasteiger partial charge >= 0.3 is 5.97 Å². The smallest absolute Gasteiger partial charge is 0.317 e. The molecule has 2 heterocycles. The minimum Gasteiger partial charge on any atom is -0.480 e. The van der Waals surface area contributed by atoms with Gasteiger partial charge in [0.05, 0.1) is 25.2 Å². The summed E-state index contributed by atoms with van der Waals surface area (Å²) in [6.45, 7) is 0.271. The average molecular weight is 521 g/mol. The molecule has 0 radical (unpaired) electrons. The first-order valence-corrected chi connectivity index (χ1v) is 12.4. The number of carboxylic acids is 1. The van der Waals surface area contributed by atoms with Crippen LogP contribution < -0.4 is 21.7 Å². The molecule has 1 saturated heterocycles. The van der Waals surface area contributed by atoms with Crippen LogP contribution in [0, 0.1) is 5.41 Å². The number of aliphatic carboxylic acids is 1. The third-order valence-corrected chi connectivity index (χ3v) is 6.68. The normalized spacial score (nSPS) is 18.4. The van der Waals surface area contributed by atoms with Crippen LogP contribution in [0.5, 0.6) is 0 Å². The number of rotatable bonds is 11. The fourth-order valence-corrected chi connectivity index (χ4v) is 4.84. The van der Waals surface area contributed by atoms with E-state index >= 15 is 0 Å². The Balaban J connectivity index is 1.68. The Morgan fingerprint density at radius 1 is 1.11 bits per heavy atom. The van der Waals surface area contributed by atoms with E-state index in [1.807, 2.05) is 60.7 Å². The van der Waals surface area contributed by atoms with E-state index < -0.39 is 42.5 Å². The molecule has 1 unspecified atom stereocenters. The van der Waals surface area contributed by atoms with Gasteiger partial charge in [-0.15, -0.1) is 0 Å². The van der Waals surface area contributed by atoms with E-state index in [2.05, 4.69) is 16.0 Å². The molecule has 2 aliphatic heterocycles. The van der Waals surface area contributed by atoms with Gasteiger partial charge in [-0.25, -0.2) is 0 Å². The molecule has 3 atom stereocenters. The first-order valence-electron chi connectivity index (χ1n) is 12.4. The summed E-state index contributed by atoms with van der Waals surface area (Å²) in [5, 5.41) is 27.1. The lowest BCUT2D eigenvalue weighted by molar-refractivity contribution is -0.136. The largest absolute Gasteiger partial charge is 0.480 e. The Morgan fingerprint density at radius 2 is 1.74 bits per heavy atom. The topological polar surface area (TPSA) is 170 Å². The predicted molar refractivity (Wildman–Crippen MR) is 140 cm³/mol. The van der Waals surface area contributed by atoms with Crippen molar-refractivity contribution in [3.8, 4) is 0 Å². The molecule has 0 aromatic heterocycles. The van der Waals surface area contributed by atoms with Crippen molar-refractivity contribution in [1.29, 1.82) is 5.41 Å². The molecule has 200 valence electrons. The highest BCUT2D eigenvalue weighted by atomic mass is 16.7. The number of nitrogens with one attached hydrogen (secondary N) is 4. The van der Waals surface area contributed by atoms with Gasteiger partial charge in [0, 0.05) is 11.5 Å². The molecule has 0 spiro atoms. The van der Waals surface area contributed by atoms with E-state index in [0.29, 0.717) is 18.5 Å². The van der Waals surface area contributed by atoms with E-state index in [1.54, 1.807) is 0 Å². The fraction of sp³-hybridized carbons (Fsp3) is 0.333. The van der Waals surface area contributed by atoms with Crippen LogP contribution in [-0.4, -0.2) is 71.5 Å². The summed E-state index contributed by atoms with van der Waals surface area (Å²) in [5.41, 5.74) is 7.61. The van der Waals surface area contributed by atoms with Gasteiger partial charge in [-0.1, -0.05) is 60.7 Å². The molecule has 0 aliphatic carbocycles. The molecule has 2 aromatic rings.